The second kappa shape index (κ2) is 8.87. The van der Waals surface area contributed by atoms with Gasteiger partial charge in [0.05, 0.1) is 0 Å². The van der Waals surface area contributed by atoms with E-state index in [-0.39, 0.29) is 5.91 Å². The maximum atomic E-state index is 12.5. The molecule has 0 aliphatic rings. The van der Waals surface area contributed by atoms with Crippen LogP contribution < -0.4 is 15.5 Å². The van der Waals surface area contributed by atoms with Crippen LogP contribution in [-0.2, 0) is 0 Å². The molecule has 0 aliphatic carbocycles. The molecule has 1 amide bonds. The van der Waals surface area contributed by atoms with Crippen molar-refractivity contribution in [2.24, 2.45) is 0 Å². The Kier molecular flexibility index (Phi) is 6.57. The normalized spacial score (nSPS) is 10.2. The van der Waals surface area contributed by atoms with E-state index < -0.39 is 0 Å². The van der Waals surface area contributed by atoms with Crippen molar-refractivity contribution < 1.29 is 4.79 Å². The van der Waals surface area contributed by atoms with E-state index in [0.29, 0.717) is 17.9 Å². The van der Waals surface area contributed by atoms with Crippen LogP contribution >= 0.6 is 0 Å². The summed E-state index contributed by atoms with van der Waals surface area (Å²) in [5.41, 5.74) is 3.59. The molecule has 0 atom stereocenters. The number of amides is 1. The minimum absolute atomic E-state index is 0.150. The molecule has 0 unspecified atom stereocenters. The smallest absolute Gasteiger partial charge is 0.255 e. The Morgan fingerprint density at radius 1 is 1.24 bits per heavy atom. The SMILES string of the molecule is C=CCNc1cc(C(=O)Nc2ccc(N(CC)CC)cc2C)ccn1. The van der Waals surface area contributed by atoms with Crippen LogP contribution in [0.1, 0.15) is 29.8 Å². The van der Waals surface area contributed by atoms with E-state index in [1.54, 1.807) is 24.4 Å². The number of aromatic nitrogens is 1. The first-order valence-electron chi connectivity index (χ1n) is 8.56. The van der Waals surface area contributed by atoms with E-state index in [9.17, 15) is 4.79 Å². The van der Waals surface area contributed by atoms with E-state index >= 15 is 0 Å². The lowest BCUT2D eigenvalue weighted by Gasteiger charge is -2.22. The number of aryl methyl sites for hydroxylation is 1. The lowest BCUT2D eigenvalue weighted by Crippen LogP contribution is -2.22. The highest BCUT2D eigenvalue weighted by Gasteiger charge is 2.10. The molecular weight excluding hydrogens is 312 g/mol. The van der Waals surface area contributed by atoms with Crippen LogP contribution in [0.2, 0.25) is 0 Å². The minimum atomic E-state index is -0.150. The molecule has 1 heterocycles. The van der Waals surface area contributed by atoms with Gasteiger partial charge in [-0.1, -0.05) is 6.08 Å². The molecule has 1 aromatic carbocycles. The van der Waals surface area contributed by atoms with Gasteiger partial charge in [0.1, 0.15) is 5.82 Å². The van der Waals surface area contributed by atoms with Gasteiger partial charge in [-0.25, -0.2) is 4.98 Å². The molecule has 0 saturated carbocycles. The average Bonchev–Trinajstić information content (AvgIpc) is 2.63. The van der Waals surface area contributed by atoms with E-state index in [1.807, 2.05) is 19.1 Å². The highest BCUT2D eigenvalue weighted by molar-refractivity contribution is 6.05. The monoisotopic (exact) mass is 338 g/mol. The molecule has 5 heteroatoms. The third-order valence-corrected chi connectivity index (χ3v) is 4.04. The summed E-state index contributed by atoms with van der Waals surface area (Å²) in [6, 6.07) is 9.54. The maximum Gasteiger partial charge on any atom is 0.255 e. The number of anilines is 3. The molecule has 25 heavy (non-hydrogen) atoms. The molecule has 2 aromatic rings. The Hall–Kier alpha value is -2.82. The van der Waals surface area contributed by atoms with Gasteiger partial charge in [-0.3, -0.25) is 4.79 Å². The molecule has 5 nitrogen and oxygen atoms in total. The van der Waals surface area contributed by atoms with Gasteiger partial charge < -0.3 is 15.5 Å². The molecular formula is C20H26N4O. The van der Waals surface area contributed by atoms with Crippen molar-refractivity contribution >= 4 is 23.1 Å². The fourth-order valence-corrected chi connectivity index (χ4v) is 2.61. The van der Waals surface area contributed by atoms with Crippen LogP contribution in [-0.4, -0.2) is 30.5 Å². The number of carbonyl (C=O) groups excluding carboxylic acids is 1. The summed E-state index contributed by atoms with van der Waals surface area (Å²) in [5.74, 6) is 0.504. The number of carbonyl (C=O) groups is 1. The molecule has 0 radical (unpaired) electrons. The lowest BCUT2D eigenvalue weighted by atomic mass is 10.1. The Morgan fingerprint density at radius 2 is 2.00 bits per heavy atom. The standard InChI is InChI=1S/C20H26N4O/c1-5-11-21-19-14-16(10-12-22-19)20(25)23-18-9-8-17(13-15(18)4)24(6-2)7-3/h5,8-10,12-14H,1,6-7,11H2,2-4H3,(H,21,22)(H,23,25). The van der Waals surface area contributed by atoms with Gasteiger partial charge in [-0.15, -0.1) is 6.58 Å². The third-order valence-electron chi connectivity index (χ3n) is 4.04. The summed E-state index contributed by atoms with van der Waals surface area (Å²) in [5, 5.41) is 6.06. The lowest BCUT2D eigenvalue weighted by molar-refractivity contribution is 0.102. The van der Waals surface area contributed by atoms with Gasteiger partial charge in [0.25, 0.3) is 5.91 Å². The largest absolute Gasteiger partial charge is 0.372 e. The number of nitrogens with one attached hydrogen (secondary N) is 2. The highest BCUT2D eigenvalue weighted by atomic mass is 16.1. The highest BCUT2D eigenvalue weighted by Crippen LogP contribution is 2.23. The molecule has 132 valence electrons. The first-order chi connectivity index (χ1) is 12.1. The zero-order valence-electron chi connectivity index (χ0n) is 15.2. The molecule has 0 fully saturated rings. The Morgan fingerprint density at radius 3 is 2.64 bits per heavy atom. The number of pyridine rings is 1. The fourth-order valence-electron chi connectivity index (χ4n) is 2.61. The van der Waals surface area contributed by atoms with Crippen LogP contribution in [0.15, 0.2) is 49.2 Å². The zero-order valence-corrected chi connectivity index (χ0v) is 15.2. The maximum absolute atomic E-state index is 12.5. The third kappa shape index (κ3) is 4.83. The zero-order chi connectivity index (χ0) is 18.2. The van der Waals surface area contributed by atoms with E-state index in [0.717, 1.165) is 24.3 Å². The second-order valence-corrected chi connectivity index (χ2v) is 5.72. The molecule has 0 aliphatic heterocycles. The predicted octanol–water partition coefficient (Wildman–Crippen LogP) is 4.09. The number of benzene rings is 1. The Labute approximate surface area is 149 Å². The van der Waals surface area contributed by atoms with Gasteiger partial charge in [-0.2, -0.15) is 0 Å². The summed E-state index contributed by atoms with van der Waals surface area (Å²) in [7, 11) is 0. The summed E-state index contributed by atoms with van der Waals surface area (Å²) in [4.78, 5) is 19.0. The molecule has 2 rings (SSSR count). The van der Waals surface area contributed by atoms with Crippen molar-refractivity contribution in [3.05, 3.63) is 60.3 Å². The molecule has 1 aromatic heterocycles. The van der Waals surface area contributed by atoms with Crippen LogP contribution in [0.3, 0.4) is 0 Å². The number of nitrogens with zero attached hydrogens (tertiary/aromatic N) is 2. The van der Waals surface area contributed by atoms with Crippen molar-refractivity contribution in [1.29, 1.82) is 0 Å². The Balaban J connectivity index is 2.13. The minimum Gasteiger partial charge on any atom is -0.372 e. The van der Waals surface area contributed by atoms with Crippen molar-refractivity contribution in [2.75, 3.05) is 35.2 Å². The number of hydrogen-bond acceptors (Lipinski definition) is 4. The van der Waals surface area contributed by atoms with Crippen LogP contribution in [0.5, 0.6) is 0 Å². The predicted molar refractivity (Wildman–Crippen MR) is 106 cm³/mol. The number of rotatable bonds is 8. The van der Waals surface area contributed by atoms with Crippen molar-refractivity contribution in [1.82, 2.24) is 4.98 Å². The first-order valence-corrected chi connectivity index (χ1v) is 8.56. The summed E-state index contributed by atoms with van der Waals surface area (Å²) < 4.78 is 0. The second-order valence-electron chi connectivity index (χ2n) is 5.72. The van der Waals surface area contributed by atoms with E-state index in [2.05, 4.69) is 47.0 Å². The summed E-state index contributed by atoms with van der Waals surface area (Å²) in [6.07, 6.45) is 3.37. The first kappa shape index (κ1) is 18.5. The molecule has 0 spiro atoms. The van der Waals surface area contributed by atoms with Crippen LogP contribution in [0.25, 0.3) is 0 Å². The van der Waals surface area contributed by atoms with Crippen LogP contribution in [0.4, 0.5) is 17.2 Å². The average molecular weight is 338 g/mol. The van der Waals surface area contributed by atoms with Gasteiger partial charge in [0, 0.05) is 42.8 Å². The van der Waals surface area contributed by atoms with Gasteiger partial charge in [-0.05, 0) is 56.7 Å². The summed E-state index contributed by atoms with van der Waals surface area (Å²) >= 11 is 0. The van der Waals surface area contributed by atoms with Gasteiger partial charge in [0.2, 0.25) is 0 Å². The van der Waals surface area contributed by atoms with Gasteiger partial charge in [0.15, 0.2) is 0 Å². The van der Waals surface area contributed by atoms with E-state index in [4.69, 9.17) is 0 Å². The fraction of sp³-hybridized carbons (Fsp3) is 0.300. The van der Waals surface area contributed by atoms with Crippen molar-refractivity contribution in [3.63, 3.8) is 0 Å². The Bertz CT molecular complexity index is 738. The molecule has 0 saturated heterocycles. The van der Waals surface area contributed by atoms with E-state index in [1.165, 1.54) is 5.69 Å². The van der Waals surface area contributed by atoms with Crippen molar-refractivity contribution in [3.8, 4) is 0 Å². The molecule has 2 N–H and O–H groups in total. The quantitative estimate of drug-likeness (QED) is 0.712. The molecule has 0 bridgehead atoms. The van der Waals surface area contributed by atoms with Crippen molar-refractivity contribution in [2.45, 2.75) is 20.8 Å². The topological polar surface area (TPSA) is 57.3 Å². The summed E-state index contributed by atoms with van der Waals surface area (Å²) in [6.45, 7) is 12.4. The van der Waals surface area contributed by atoms with Crippen LogP contribution in [0, 0.1) is 6.92 Å². The van der Waals surface area contributed by atoms with Gasteiger partial charge >= 0.3 is 0 Å². The number of hydrogen-bond donors (Lipinski definition) is 2.